The van der Waals surface area contributed by atoms with E-state index < -0.39 is 5.97 Å². The van der Waals surface area contributed by atoms with E-state index in [0.717, 1.165) is 91.8 Å². The summed E-state index contributed by atoms with van der Waals surface area (Å²) >= 11 is 0. The molecule has 0 bridgehead atoms. The van der Waals surface area contributed by atoms with Crippen molar-refractivity contribution in [3.8, 4) is 23.0 Å². The summed E-state index contributed by atoms with van der Waals surface area (Å²) < 4.78 is 7.16. The summed E-state index contributed by atoms with van der Waals surface area (Å²) in [6, 6.07) is 19.8. The van der Waals surface area contributed by atoms with Crippen LogP contribution in [0.15, 0.2) is 66.9 Å². The molecule has 3 heterocycles. The van der Waals surface area contributed by atoms with Gasteiger partial charge in [-0.05, 0) is 81.0 Å². The fraction of sp³-hybridized carbons (Fsp3) is 0.394. The molecule has 0 aliphatic heterocycles. The largest absolute Gasteiger partial charge is 0.482 e. The molecule has 42 heavy (non-hydrogen) atoms. The highest BCUT2D eigenvalue weighted by molar-refractivity contribution is 5.68. The van der Waals surface area contributed by atoms with Crippen molar-refractivity contribution in [2.45, 2.75) is 53.6 Å². The van der Waals surface area contributed by atoms with Crippen molar-refractivity contribution >= 4 is 5.97 Å². The number of nitrogens with zero attached hydrogens (tertiary/aromatic N) is 6. The lowest BCUT2D eigenvalue weighted by Gasteiger charge is -2.17. The third-order valence-corrected chi connectivity index (χ3v) is 7.39. The van der Waals surface area contributed by atoms with Crippen LogP contribution in [0.25, 0.3) is 17.2 Å². The number of hydrogen-bond donors (Lipinski definition) is 1. The van der Waals surface area contributed by atoms with Gasteiger partial charge in [0.05, 0.1) is 17.1 Å². The van der Waals surface area contributed by atoms with E-state index in [-0.39, 0.29) is 6.61 Å². The maximum absolute atomic E-state index is 10.8. The minimum Gasteiger partial charge on any atom is -0.482 e. The second-order valence-corrected chi connectivity index (χ2v) is 10.2. The van der Waals surface area contributed by atoms with E-state index in [1.54, 1.807) is 0 Å². The van der Waals surface area contributed by atoms with Crippen LogP contribution in [0.4, 0.5) is 0 Å². The molecule has 0 saturated carbocycles. The minimum absolute atomic E-state index is 0.355. The summed E-state index contributed by atoms with van der Waals surface area (Å²) in [5.74, 6) is 0.331. The predicted octanol–water partition coefficient (Wildman–Crippen LogP) is 5.26. The van der Waals surface area contributed by atoms with Crippen molar-refractivity contribution in [1.29, 1.82) is 0 Å². The average molecular weight is 571 g/mol. The second kappa shape index (κ2) is 15.2. The first-order valence-corrected chi connectivity index (χ1v) is 14.8. The Balaban J connectivity index is 1.63. The van der Waals surface area contributed by atoms with Gasteiger partial charge in [0.2, 0.25) is 0 Å². The molecule has 1 N–H and O–H groups in total. The SMILES string of the molecule is CCN(CC)Cc1cccc(-c2nn(-c3cccc(CN(CC)CC)n3)cc2CCc2ccc(OCC(=O)O)cc2)n1. The number of carbonyl (C=O) groups is 1. The number of carboxylic acids is 1. The van der Waals surface area contributed by atoms with Gasteiger partial charge in [-0.1, -0.05) is 52.0 Å². The summed E-state index contributed by atoms with van der Waals surface area (Å²) in [5.41, 5.74) is 5.95. The van der Waals surface area contributed by atoms with Crippen molar-refractivity contribution in [1.82, 2.24) is 29.5 Å². The molecule has 0 aliphatic rings. The van der Waals surface area contributed by atoms with E-state index in [4.69, 9.17) is 24.9 Å². The van der Waals surface area contributed by atoms with Crippen molar-refractivity contribution < 1.29 is 14.6 Å². The van der Waals surface area contributed by atoms with Crippen LogP contribution in [0.2, 0.25) is 0 Å². The van der Waals surface area contributed by atoms with Crippen LogP contribution in [-0.2, 0) is 30.7 Å². The van der Waals surface area contributed by atoms with Crippen molar-refractivity contribution in [3.05, 3.63) is 89.4 Å². The Morgan fingerprint density at radius 3 is 2.05 bits per heavy atom. The van der Waals surface area contributed by atoms with Gasteiger partial charge in [0.25, 0.3) is 0 Å². The van der Waals surface area contributed by atoms with Gasteiger partial charge >= 0.3 is 5.97 Å². The topological polar surface area (TPSA) is 96.6 Å². The zero-order chi connectivity index (χ0) is 29.9. The highest BCUT2D eigenvalue weighted by atomic mass is 16.5. The second-order valence-electron chi connectivity index (χ2n) is 10.2. The number of aryl methyl sites for hydroxylation is 2. The molecule has 0 fully saturated rings. The van der Waals surface area contributed by atoms with E-state index in [2.05, 4.69) is 61.9 Å². The van der Waals surface area contributed by atoms with Crippen LogP contribution in [0.3, 0.4) is 0 Å². The van der Waals surface area contributed by atoms with Gasteiger partial charge in [0.15, 0.2) is 12.4 Å². The fourth-order valence-electron chi connectivity index (χ4n) is 4.84. The van der Waals surface area contributed by atoms with E-state index in [1.807, 2.05) is 47.1 Å². The maximum Gasteiger partial charge on any atom is 0.341 e. The highest BCUT2D eigenvalue weighted by Crippen LogP contribution is 2.25. The van der Waals surface area contributed by atoms with E-state index in [1.165, 1.54) is 0 Å². The van der Waals surface area contributed by atoms with Crippen LogP contribution >= 0.6 is 0 Å². The van der Waals surface area contributed by atoms with Gasteiger partial charge < -0.3 is 9.84 Å². The Labute approximate surface area is 248 Å². The monoisotopic (exact) mass is 570 g/mol. The molecule has 1 aromatic carbocycles. The summed E-state index contributed by atoms with van der Waals surface area (Å²) in [6.45, 7) is 13.8. The van der Waals surface area contributed by atoms with Gasteiger partial charge in [-0.2, -0.15) is 5.10 Å². The third kappa shape index (κ3) is 8.47. The number of pyridine rings is 2. The lowest BCUT2D eigenvalue weighted by Crippen LogP contribution is -2.23. The molecule has 4 aromatic rings. The number of aliphatic carboxylic acids is 1. The molecule has 0 saturated heterocycles. The number of carboxylic acid groups (broad SMARTS) is 1. The maximum atomic E-state index is 10.8. The Kier molecular flexibility index (Phi) is 11.2. The fourth-order valence-corrected chi connectivity index (χ4v) is 4.84. The molecule has 3 aromatic heterocycles. The van der Waals surface area contributed by atoms with Crippen molar-refractivity contribution in [3.63, 3.8) is 0 Å². The van der Waals surface area contributed by atoms with Gasteiger partial charge in [0, 0.05) is 24.8 Å². The molecular weight excluding hydrogens is 528 g/mol. The van der Waals surface area contributed by atoms with Crippen LogP contribution in [0.1, 0.15) is 50.2 Å². The quantitative estimate of drug-likeness (QED) is 0.195. The predicted molar refractivity (Wildman–Crippen MR) is 165 cm³/mol. The van der Waals surface area contributed by atoms with Crippen LogP contribution < -0.4 is 4.74 Å². The standard InChI is InChI=1S/C33H42N6O3/c1-5-37(6-2)22-27-11-9-13-30(34-27)33-26(18-15-25-16-19-29(20-17-25)42-24-32(40)41)21-39(36-33)31-14-10-12-28(35-31)23-38(7-3)8-4/h9-14,16-17,19-21H,5-8,15,18,22-24H2,1-4H3,(H,40,41). The normalized spacial score (nSPS) is 11.4. The zero-order valence-corrected chi connectivity index (χ0v) is 25.2. The first-order chi connectivity index (χ1) is 20.4. The molecule has 222 valence electrons. The molecule has 0 aliphatic carbocycles. The van der Waals surface area contributed by atoms with E-state index >= 15 is 0 Å². The summed E-state index contributed by atoms with van der Waals surface area (Å²) in [5, 5.41) is 13.9. The molecule has 4 rings (SSSR count). The lowest BCUT2D eigenvalue weighted by atomic mass is 10.0. The lowest BCUT2D eigenvalue weighted by molar-refractivity contribution is -0.139. The van der Waals surface area contributed by atoms with Crippen molar-refractivity contribution in [2.24, 2.45) is 0 Å². The molecule has 0 radical (unpaired) electrons. The summed E-state index contributed by atoms with van der Waals surface area (Å²) in [6.07, 6.45) is 3.61. The van der Waals surface area contributed by atoms with Gasteiger partial charge in [-0.15, -0.1) is 0 Å². The number of aromatic nitrogens is 4. The number of ether oxygens (including phenoxy) is 1. The van der Waals surface area contributed by atoms with Gasteiger partial charge in [-0.3, -0.25) is 9.80 Å². The van der Waals surface area contributed by atoms with Gasteiger partial charge in [0.1, 0.15) is 11.4 Å². The van der Waals surface area contributed by atoms with E-state index in [0.29, 0.717) is 5.75 Å². The highest BCUT2D eigenvalue weighted by Gasteiger charge is 2.16. The zero-order valence-electron chi connectivity index (χ0n) is 25.2. The Morgan fingerprint density at radius 2 is 1.43 bits per heavy atom. The molecular formula is C33H42N6O3. The van der Waals surface area contributed by atoms with Crippen LogP contribution in [0, 0.1) is 0 Å². The third-order valence-electron chi connectivity index (χ3n) is 7.39. The average Bonchev–Trinajstić information content (AvgIpc) is 3.45. The van der Waals surface area contributed by atoms with Crippen LogP contribution in [0.5, 0.6) is 5.75 Å². The molecule has 0 spiro atoms. The Morgan fingerprint density at radius 1 is 0.810 bits per heavy atom. The van der Waals surface area contributed by atoms with Crippen molar-refractivity contribution in [2.75, 3.05) is 32.8 Å². The molecule has 9 heteroatoms. The first-order valence-electron chi connectivity index (χ1n) is 14.8. The number of rotatable bonds is 16. The molecule has 0 unspecified atom stereocenters. The molecule has 9 nitrogen and oxygen atoms in total. The minimum atomic E-state index is -0.994. The summed E-state index contributed by atoms with van der Waals surface area (Å²) in [7, 11) is 0. The smallest absolute Gasteiger partial charge is 0.341 e. The molecule has 0 amide bonds. The summed E-state index contributed by atoms with van der Waals surface area (Å²) in [4.78, 5) is 25.5. The number of benzene rings is 1. The Bertz CT molecular complexity index is 1430. The van der Waals surface area contributed by atoms with E-state index in [9.17, 15) is 4.79 Å². The van der Waals surface area contributed by atoms with Crippen LogP contribution in [-0.4, -0.2) is 73.4 Å². The Hall–Kier alpha value is -4.08. The number of hydrogen-bond acceptors (Lipinski definition) is 7. The van der Waals surface area contributed by atoms with Gasteiger partial charge in [-0.25, -0.2) is 19.4 Å². The molecule has 0 atom stereocenters. The first kappa shape index (κ1) is 30.9.